The number of carbonyl (C=O) groups is 2. The number of nitrogens with one attached hydrogen (secondary N) is 1. The van der Waals surface area contributed by atoms with Crippen LogP contribution < -0.4 is 10.1 Å². The maximum atomic E-state index is 11.9. The van der Waals surface area contributed by atoms with Crippen molar-refractivity contribution in [3.63, 3.8) is 0 Å². The molecule has 1 aliphatic carbocycles. The van der Waals surface area contributed by atoms with E-state index in [2.05, 4.69) is 5.32 Å². The number of rotatable bonds is 7. The van der Waals surface area contributed by atoms with Gasteiger partial charge in [0.25, 0.3) is 5.91 Å². The molecular weight excluding hydrogens is 330 g/mol. The third-order valence-electron chi connectivity index (χ3n) is 4.28. The number of amides is 1. The van der Waals surface area contributed by atoms with Crippen LogP contribution in [0.3, 0.4) is 0 Å². The monoisotopic (exact) mass is 353 g/mol. The highest BCUT2D eigenvalue weighted by molar-refractivity contribution is 6.31. The average molecular weight is 354 g/mol. The summed E-state index contributed by atoms with van der Waals surface area (Å²) < 4.78 is 10.2. The zero-order valence-electron chi connectivity index (χ0n) is 14.0. The van der Waals surface area contributed by atoms with Crippen molar-refractivity contribution in [2.45, 2.75) is 44.9 Å². The summed E-state index contributed by atoms with van der Waals surface area (Å²) in [5, 5.41) is 3.12. The second-order valence-corrected chi connectivity index (χ2v) is 6.53. The minimum absolute atomic E-state index is 0.306. The number of hydrogen-bond donors (Lipinski definition) is 1. The Morgan fingerprint density at radius 3 is 2.71 bits per heavy atom. The van der Waals surface area contributed by atoms with Crippen LogP contribution in [0, 0.1) is 5.92 Å². The van der Waals surface area contributed by atoms with Gasteiger partial charge in [0.2, 0.25) is 0 Å². The first kappa shape index (κ1) is 18.6. The van der Waals surface area contributed by atoms with Crippen molar-refractivity contribution in [2.75, 3.05) is 19.0 Å². The lowest BCUT2D eigenvalue weighted by Crippen LogP contribution is -2.21. The molecule has 1 saturated carbocycles. The van der Waals surface area contributed by atoms with Crippen LogP contribution in [0.4, 0.5) is 5.69 Å². The lowest BCUT2D eigenvalue weighted by molar-refractivity contribution is -0.147. The zero-order chi connectivity index (χ0) is 17.4. The Balaban J connectivity index is 1.72. The van der Waals surface area contributed by atoms with Crippen LogP contribution >= 0.6 is 11.6 Å². The van der Waals surface area contributed by atoms with E-state index in [0.29, 0.717) is 28.8 Å². The number of carbonyl (C=O) groups excluding carboxylic acids is 2. The van der Waals surface area contributed by atoms with Gasteiger partial charge in [-0.25, -0.2) is 0 Å². The lowest BCUT2D eigenvalue weighted by atomic mass is 9.86. The fourth-order valence-electron chi connectivity index (χ4n) is 2.98. The highest BCUT2D eigenvalue weighted by Gasteiger charge is 2.16. The molecule has 0 spiro atoms. The van der Waals surface area contributed by atoms with Crippen LogP contribution in [0.25, 0.3) is 0 Å². The minimum Gasteiger partial charge on any atom is -0.495 e. The number of ether oxygens (including phenoxy) is 2. The summed E-state index contributed by atoms with van der Waals surface area (Å²) in [7, 11) is 1.50. The fraction of sp³-hybridized carbons (Fsp3) is 0.556. The van der Waals surface area contributed by atoms with Gasteiger partial charge in [-0.2, -0.15) is 0 Å². The van der Waals surface area contributed by atoms with Crippen LogP contribution in [0.5, 0.6) is 5.75 Å². The first-order valence-electron chi connectivity index (χ1n) is 8.37. The molecule has 24 heavy (non-hydrogen) atoms. The summed E-state index contributed by atoms with van der Waals surface area (Å²) >= 11 is 5.91. The van der Waals surface area contributed by atoms with Crippen LogP contribution in [0.1, 0.15) is 44.9 Å². The summed E-state index contributed by atoms with van der Waals surface area (Å²) in [5.41, 5.74) is 0.452. The molecule has 0 aliphatic heterocycles. The van der Waals surface area contributed by atoms with Crippen molar-refractivity contribution in [1.29, 1.82) is 0 Å². The van der Waals surface area contributed by atoms with E-state index < -0.39 is 5.91 Å². The topological polar surface area (TPSA) is 64.6 Å². The molecule has 0 aromatic heterocycles. The normalized spacial score (nSPS) is 14.9. The van der Waals surface area contributed by atoms with Gasteiger partial charge in [0.1, 0.15) is 5.75 Å². The van der Waals surface area contributed by atoms with Crippen molar-refractivity contribution in [3.8, 4) is 5.75 Å². The Labute approximate surface area is 147 Å². The molecule has 0 bridgehead atoms. The van der Waals surface area contributed by atoms with Gasteiger partial charge in [0.15, 0.2) is 6.61 Å². The predicted octanol–water partition coefficient (Wildman–Crippen LogP) is 4.19. The highest BCUT2D eigenvalue weighted by Crippen LogP contribution is 2.28. The van der Waals surface area contributed by atoms with E-state index in [1.54, 1.807) is 18.2 Å². The molecule has 1 aromatic rings. The van der Waals surface area contributed by atoms with E-state index >= 15 is 0 Å². The van der Waals surface area contributed by atoms with E-state index in [0.717, 1.165) is 6.42 Å². The third-order valence-corrected chi connectivity index (χ3v) is 4.52. The maximum Gasteiger partial charge on any atom is 0.306 e. The molecule has 132 valence electrons. The largest absolute Gasteiger partial charge is 0.495 e. The Kier molecular flexibility index (Phi) is 7.37. The van der Waals surface area contributed by atoms with Gasteiger partial charge in [-0.15, -0.1) is 0 Å². The quantitative estimate of drug-likeness (QED) is 0.746. The number of halogens is 1. The van der Waals surface area contributed by atoms with Crippen LogP contribution in [-0.4, -0.2) is 25.6 Å². The first-order valence-corrected chi connectivity index (χ1v) is 8.75. The maximum absolute atomic E-state index is 11.9. The average Bonchev–Trinajstić information content (AvgIpc) is 2.59. The molecule has 0 radical (unpaired) electrons. The molecule has 0 unspecified atom stereocenters. The van der Waals surface area contributed by atoms with Crippen LogP contribution in [-0.2, 0) is 14.3 Å². The number of benzene rings is 1. The molecule has 5 nitrogen and oxygen atoms in total. The Morgan fingerprint density at radius 1 is 1.25 bits per heavy atom. The molecule has 1 fully saturated rings. The molecule has 0 heterocycles. The van der Waals surface area contributed by atoms with E-state index in [9.17, 15) is 9.59 Å². The van der Waals surface area contributed by atoms with Gasteiger partial charge in [-0.3, -0.25) is 9.59 Å². The predicted molar refractivity (Wildman–Crippen MR) is 93.4 cm³/mol. The Morgan fingerprint density at radius 2 is 2.00 bits per heavy atom. The van der Waals surface area contributed by atoms with Gasteiger partial charge >= 0.3 is 5.97 Å². The van der Waals surface area contributed by atoms with Crippen molar-refractivity contribution in [2.24, 2.45) is 5.92 Å². The van der Waals surface area contributed by atoms with Crippen molar-refractivity contribution >= 4 is 29.2 Å². The first-order chi connectivity index (χ1) is 11.6. The number of methoxy groups -OCH3 is 1. The van der Waals surface area contributed by atoms with Crippen molar-refractivity contribution in [3.05, 3.63) is 23.2 Å². The fourth-order valence-corrected chi connectivity index (χ4v) is 3.15. The second-order valence-electron chi connectivity index (χ2n) is 6.10. The van der Waals surface area contributed by atoms with Gasteiger partial charge in [-0.05, 0) is 30.5 Å². The third kappa shape index (κ3) is 6.04. The van der Waals surface area contributed by atoms with E-state index in [-0.39, 0.29) is 12.6 Å². The van der Waals surface area contributed by atoms with E-state index in [1.165, 1.54) is 39.2 Å². The van der Waals surface area contributed by atoms with Gasteiger partial charge in [0.05, 0.1) is 12.8 Å². The highest BCUT2D eigenvalue weighted by atomic mass is 35.5. The van der Waals surface area contributed by atoms with Gasteiger partial charge in [0, 0.05) is 11.4 Å². The van der Waals surface area contributed by atoms with Crippen molar-refractivity contribution < 1.29 is 19.1 Å². The summed E-state index contributed by atoms with van der Waals surface area (Å²) in [6.45, 7) is -0.306. The molecule has 6 heteroatoms. The van der Waals surface area contributed by atoms with Crippen LogP contribution in [0.2, 0.25) is 5.02 Å². The molecule has 1 N–H and O–H groups in total. The molecule has 1 amide bonds. The Bertz CT molecular complexity index is 570. The smallest absolute Gasteiger partial charge is 0.306 e. The Hall–Kier alpha value is -1.75. The van der Waals surface area contributed by atoms with Gasteiger partial charge in [-0.1, -0.05) is 43.7 Å². The molecule has 0 atom stereocenters. The van der Waals surface area contributed by atoms with Crippen molar-refractivity contribution in [1.82, 2.24) is 0 Å². The summed E-state index contributed by atoms with van der Waals surface area (Å²) in [6.07, 6.45) is 7.42. The van der Waals surface area contributed by atoms with E-state index in [4.69, 9.17) is 21.1 Å². The molecule has 1 aromatic carbocycles. The molecular formula is C18H24ClNO4. The summed E-state index contributed by atoms with van der Waals surface area (Å²) in [6, 6.07) is 4.92. The van der Waals surface area contributed by atoms with Gasteiger partial charge < -0.3 is 14.8 Å². The number of esters is 1. The number of anilines is 1. The standard InChI is InChI=1S/C18H24ClNO4/c1-23-16-9-8-14(19)11-15(16)20-17(21)12-24-18(22)10-7-13-5-3-2-4-6-13/h8-9,11,13H,2-7,10,12H2,1H3,(H,20,21). The molecule has 2 rings (SSSR count). The minimum atomic E-state index is -0.415. The second kappa shape index (κ2) is 9.52. The number of hydrogen-bond acceptors (Lipinski definition) is 4. The SMILES string of the molecule is COc1ccc(Cl)cc1NC(=O)COC(=O)CCC1CCCCC1. The van der Waals surface area contributed by atoms with E-state index in [1.807, 2.05) is 0 Å². The summed E-state index contributed by atoms with van der Waals surface area (Å²) in [5.74, 6) is 0.377. The summed E-state index contributed by atoms with van der Waals surface area (Å²) in [4.78, 5) is 23.7. The molecule has 0 saturated heterocycles. The zero-order valence-corrected chi connectivity index (χ0v) is 14.7. The van der Waals surface area contributed by atoms with Crippen LogP contribution in [0.15, 0.2) is 18.2 Å². The lowest BCUT2D eigenvalue weighted by Gasteiger charge is -2.20. The molecule has 1 aliphatic rings.